The number of hydrogen-bond acceptors (Lipinski definition) is 10. The normalized spacial score (nSPS) is 13.3. The molecule has 3 aromatic heterocycles. The van der Waals surface area contributed by atoms with Gasteiger partial charge in [-0.25, -0.2) is 19.8 Å². The Kier molecular flexibility index (Phi) is 17.3. The molecule has 13 aromatic rings. The van der Waals surface area contributed by atoms with E-state index < -0.39 is 40.3 Å². The van der Waals surface area contributed by atoms with Crippen molar-refractivity contribution in [1.82, 2.24) is 19.9 Å². The molecule has 14 nitrogen and oxygen atoms in total. The average molecular weight is 1470 g/mol. The number of rotatable bonds is 14. The second-order valence-corrected chi connectivity index (χ2v) is 38.1. The Bertz CT molecular complexity index is 6020. The van der Waals surface area contributed by atoms with Crippen LogP contribution in [0.5, 0.6) is 23.0 Å². The van der Waals surface area contributed by atoms with Gasteiger partial charge < -0.3 is 28.3 Å². The lowest BCUT2D eigenvalue weighted by Crippen LogP contribution is -2.68. The van der Waals surface area contributed by atoms with Crippen molar-refractivity contribution in [2.75, 3.05) is 24.0 Å². The predicted octanol–water partition coefficient (Wildman–Crippen LogP) is 18.0. The molecule has 536 valence electrons. The average Bonchev–Trinajstić information content (AvgIpc) is 0.734. The molecule has 17 rings (SSSR count). The largest absolute Gasteiger partial charge is 0.534 e. The van der Waals surface area contributed by atoms with E-state index in [1.165, 1.54) is 10.4 Å². The lowest BCUT2D eigenvalue weighted by molar-refractivity contribution is 0.0873. The number of aromatic amines is 2. The number of methoxy groups -OCH3 is 2. The summed E-state index contributed by atoms with van der Waals surface area (Å²) in [7, 11) is -2.75. The highest BCUT2D eigenvalue weighted by molar-refractivity contribution is 7.00. The van der Waals surface area contributed by atoms with E-state index in [9.17, 15) is 0 Å². The minimum absolute atomic E-state index is 0.119. The van der Waals surface area contributed by atoms with Gasteiger partial charge in [-0.05, 0) is 188 Å². The van der Waals surface area contributed by atoms with E-state index in [0.29, 0.717) is 84.5 Å². The number of nitrogens with zero attached hydrogens (tertiary/aromatic N) is 4. The van der Waals surface area contributed by atoms with Gasteiger partial charge in [0.05, 0.1) is 59.3 Å². The van der Waals surface area contributed by atoms with Crippen molar-refractivity contribution in [2.24, 2.45) is 0 Å². The summed E-state index contributed by atoms with van der Waals surface area (Å²) < 4.78 is 26.0. The van der Waals surface area contributed by atoms with E-state index in [1.54, 1.807) is 68.8 Å². The number of imide groups is 2. The maximum absolute atomic E-state index is 16.0. The van der Waals surface area contributed by atoms with Gasteiger partial charge in [0.2, 0.25) is 0 Å². The molecule has 7 heterocycles. The Labute approximate surface area is 638 Å². The Balaban J connectivity index is 0.785. The van der Waals surface area contributed by atoms with E-state index in [2.05, 4.69) is 136 Å². The molecule has 0 saturated carbocycles. The van der Waals surface area contributed by atoms with Crippen molar-refractivity contribution >= 4 is 130 Å². The number of carbonyl (C=O) groups is 4. The minimum Gasteiger partial charge on any atom is -0.534 e. The summed E-state index contributed by atoms with van der Waals surface area (Å²) in [6.45, 7) is 13.4. The fourth-order valence-corrected chi connectivity index (χ4v) is 24.9. The summed E-state index contributed by atoms with van der Waals surface area (Å²) in [6.07, 6.45) is 7.61. The minimum atomic E-state index is -3.05. The molecule has 0 saturated heterocycles. The SMILES string of the molecule is COc1ccc(-c2c3nc(c(N4C(=O)c5ccc6c7c(ccc(c57)C4=O)C(=O)N(c4ccc(O[Si](c5ccccc5)(c5ccccc5)C(C)(C)C)cc4)C6=O)c4ccc([nH]4)c(-c4ccc(OC)cc4)c4nc(c(C#Cc5ccc(O[Si](c6ccccc6)(c6ccccc6)C(C)(C)C)cc5)c5ccc2[nH]5)C=C4)C=C3)cc1. The Morgan fingerprint density at radius 3 is 1.10 bits per heavy atom. The summed E-state index contributed by atoms with van der Waals surface area (Å²) in [4.78, 5) is 82.8. The quantitative estimate of drug-likeness (QED) is 0.0607. The van der Waals surface area contributed by atoms with E-state index in [1.807, 2.05) is 164 Å². The first-order valence-electron chi connectivity index (χ1n) is 36.5. The Hall–Kier alpha value is -13.5. The molecule has 0 atom stereocenters. The van der Waals surface area contributed by atoms with Crippen LogP contribution < -0.4 is 48.9 Å². The van der Waals surface area contributed by atoms with Crippen molar-refractivity contribution < 1.29 is 37.5 Å². The zero-order valence-electron chi connectivity index (χ0n) is 61.8. The molecule has 4 aliphatic heterocycles. The van der Waals surface area contributed by atoms with Crippen LogP contribution in [0.3, 0.4) is 0 Å². The molecule has 4 amide bonds. The third kappa shape index (κ3) is 11.7. The number of benzene rings is 10. The second kappa shape index (κ2) is 27.4. The molecule has 2 N–H and O–H groups in total. The zero-order valence-corrected chi connectivity index (χ0v) is 63.8. The molecular weight excluding hydrogens is 1400 g/mol. The number of anilines is 2. The molecule has 10 aromatic carbocycles. The van der Waals surface area contributed by atoms with Gasteiger partial charge in [-0.2, -0.15) is 0 Å². The molecule has 0 fully saturated rings. The predicted molar refractivity (Wildman–Crippen MR) is 444 cm³/mol. The van der Waals surface area contributed by atoms with Crippen LogP contribution in [0.25, 0.3) is 79.4 Å². The fourth-order valence-electron chi connectivity index (χ4n) is 16.0. The number of H-pyrrole nitrogens is 2. The number of hydrogen-bond donors (Lipinski definition) is 2. The highest BCUT2D eigenvalue weighted by Crippen LogP contribution is 2.46. The van der Waals surface area contributed by atoms with Crippen LogP contribution in [-0.4, -0.2) is 74.4 Å². The van der Waals surface area contributed by atoms with E-state index in [-0.39, 0.29) is 48.8 Å². The van der Waals surface area contributed by atoms with Gasteiger partial charge in [0.1, 0.15) is 28.7 Å². The number of nitrogens with one attached hydrogen (secondary N) is 2. The first kappa shape index (κ1) is 69.6. The summed E-state index contributed by atoms with van der Waals surface area (Å²) in [5.74, 6) is 7.13. The lowest BCUT2D eigenvalue weighted by atomic mass is 9.85. The number of ether oxygens (including phenoxy) is 2. The number of fused-ring (bicyclic) bond motifs is 8. The number of carbonyl (C=O) groups excluding carboxylic acids is 4. The molecule has 4 aliphatic rings. The molecule has 110 heavy (non-hydrogen) atoms. The number of aromatic nitrogens is 4. The van der Waals surface area contributed by atoms with Crippen molar-refractivity contribution in [1.29, 1.82) is 0 Å². The van der Waals surface area contributed by atoms with Crippen LogP contribution in [0, 0.1) is 11.8 Å². The van der Waals surface area contributed by atoms with Crippen LogP contribution in [0.2, 0.25) is 10.1 Å². The van der Waals surface area contributed by atoms with Crippen LogP contribution >= 0.6 is 0 Å². The van der Waals surface area contributed by atoms with E-state index in [4.69, 9.17) is 28.3 Å². The summed E-state index contributed by atoms with van der Waals surface area (Å²) in [5.41, 5.74) is 9.74. The lowest BCUT2D eigenvalue weighted by Gasteiger charge is -2.43. The number of amides is 4. The topological polar surface area (TPSA) is 169 Å². The van der Waals surface area contributed by atoms with Gasteiger partial charge in [-0.3, -0.25) is 19.2 Å². The van der Waals surface area contributed by atoms with Gasteiger partial charge in [0, 0.05) is 60.8 Å². The molecule has 8 bridgehead atoms. The first-order chi connectivity index (χ1) is 53.3. The van der Waals surface area contributed by atoms with E-state index in [0.717, 1.165) is 42.6 Å². The van der Waals surface area contributed by atoms with Gasteiger partial charge in [0.25, 0.3) is 23.6 Å². The summed E-state index contributed by atoms with van der Waals surface area (Å²) in [6, 6.07) is 86.2. The highest BCUT2D eigenvalue weighted by atomic mass is 28.4. The Morgan fingerprint density at radius 1 is 0.345 bits per heavy atom. The third-order valence-electron chi connectivity index (χ3n) is 21.3. The first-order valence-corrected chi connectivity index (χ1v) is 40.3. The standard InChI is InChI=1S/C94H74N6O8Si2/c1-93(2,3)109(67-21-13-9-14-22-67,68-23-15-10-16-24-68)107-65-38-29-59(30-39-65)31-46-71-76-51-53-78(95-76)84(60-32-40-63(105-7)41-33-60)80-55-57-82(97-80)88(83-58-56-81(98-83)85(79-54-52-77(71)96-79)61-34-42-64(106-8)43-35-61)100-91(103)74-49-47-72-86-73(48-50-75(87(74)86)92(100)104)90(102)99(89(72)101)62-36-44-66(45-37-62)108-110(94(4,5)6,69-25-17-11-18-26-69)70-27-19-12-20-28-70/h9-30,32-45,47-58,95,98H,1-8H3. The van der Waals surface area contributed by atoms with Crippen molar-refractivity contribution in [3.8, 4) is 57.1 Å². The van der Waals surface area contributed by atoms with Gasteiger partial charge >= 0.3 is 16.6 Å². The smallest absolute Gasteiger partial charge is 0.319 e. The van der Waals surface area contributed by atoms with Gasteiger partial charge in [-0.1, -0.05) is 199 Å². The summed E-state index contributed by atoms with van der Waals surface area (Å²) >= 11 is 0. The van der Waals surface area contributed by atoms with Crippen molar-refractivity contribution in [3.63, 3.8) is 0 Å². The van der Waals surface area contributed by atoms with Crippen LogP contribution in [0.15, 0.2) is 267 Å². The zero-order chi connectivity index (χ0) is 75.8. The highest BCUT2D eigenvalue weighted by Gasteiger charge is 2.54. The molecule has 0 unspecified atom stereocenters. The molecule has 16 heteroatoms. The summed E-state index contributed by atoms with van der Waals surface area (Å²) in [5, 5.41) is 4.40. The van der Waals surface area contributed by atoms with Crippen LogP contribution in [0.1, 0.15) is 117 Å². The molecule has 0 aliphatic carbocycles. The van der Waals surface area contributed by atoms with Crippen LogP contribution in [-0.2, 0) is 0 Å². The van der Waals surface area contributed by atoms with E-state index >= 15 is 19.2 Å². The van der Waals surface area contributed by atoms with Crippen LogP contribution in [0.4, 0.5) is 11.4 Å². The third-order valence-corrected chi connectivity index (χ3v) is 31.2. The van der Waals surface area contributed by atoms with Gasteiger partial charge in [0.15, 0.2) is 0 Å². The van der Waals surface area contributed by atoms with Crippen molar-refractivity contribution in [2.45, 2.75) is 51.6 Å². The monoisotopic (exact) mass is 1470 g/mol. The van der Waals surface area contributed by atoms with Crippen molar-refractivity contribution in [3.05, 3.63) is 323 Å². The maximum Gasteiger partial charge on any atom is 0.319 e. The molecular formula is C94H74N6O8Si2. The van der Waals surface area contributed by atoms with Gasteiger partial charge in [-0.15, -0.1) is 0 Å². The second-order valence-electron chi connectivity index (χ2n) is 29.7. The Morgan fingerprint density at radius 2 is 0.691 bits per heavy atom. The molecule has 0 spiro atoms. The fraction of sp³-hybridized carbons (Fsp3) is 0.106. The maximum atomic E-state index is 16.0. The molecule has 0 radical (unpaired) electrons.